The number of hydrogen-bond donors (Lipinski definition) is 0. The summed E-state index contributed by atoms with van der Waals surface area (Å²) in [5.74, 6) is -1.02. The Morgan fingerprint density at radius 1 is 1.42 bits per heavy atom. The topological polar surface area (TPSA) is 43.4 Å². The third-order valence-electron chi connectivity index (χ3n) is 3.07. The van der Waals surface area contributed by atoms with Crippen molar-refractivity contribution in [3.8, 4) is 0 Å². The number of rotatable bonds is 4. The van der Waals surface area contributed by atoms with E-state index < -0.39 is 18.0 Å². The fourth-order valence-corrected chi connectivity index (χ4v) is 2.33. The van der Waals surface area contributed by atoms with Crippen LogP contribution < -0.4 is 0 Å². The highest BCUT2D eigenvalue weighted by atomic mass is 35.5. The van der Waals surface area contributed by atoms with E-state index in [0.717, 1.165) is 5.56 Å². The quantitative estimate of drug-likeness (QED) is 0.627. The lowest BCUT2D eigenvalue weighted by molar-refractivity contribution is -0.139. The van der Waals surface area contributed by atoms with Crippen LogP contribution in [-0.2, 0) is 14.3 Å². The van der Waals surface area contributed by atoms with Crippen LogP contribution in [0.1, 0.15) is 18.4 Å². The van der Waals surface area contributed by atoms with Crippen molar-refractivity contribution in [3.63, 3.8) is 0 Å². The molecular formula is C15H13ClO3. The molecule has 0 spiro atoms. The standard InChI is InChI=1S/C15H13ClO3/c1-9(10(2)17)15(13-7-8-14(18)19-13)11-5-3-4-6-12(11)16/h3-8,13,15H,1H2,2H3/t13-,15-/m0/s1. The van der Waals surface area contributed by atoms with Crippen LogP contribution in [0.2, 0.25) is 5.02 Å². The second-order valence-corrected chi connectivity index (χ2v) is 4.75. The lowest BCUT2D eigenvalue weighted by Gasteiger charge is -2.24. The van der Waals surface area contributed by atoms with Crippen LogP contribution in [-0.4, -0.2) is 17.9 Å². The predicted octanol–water partition coefficient (Wildman–Crippen LogP) is 3.05. The van der Waals surface area contributed by atoms with Gasteiger partial charge < -0.3 is 4.74 Å². The van der Waals surface area contributed by atoms with Crippen molar-refractivity contribution in [2.75, 3.05) is 0 Å². The average molecular weight is 277 g/mol. The van der Waals surface area contributed by atoms with Crippen LogP contribution in [0.5, 0.6) is 0 Å². The minimum atomic E-state index is -0.538. The molecule has 1 aliphatic rings. The zero-order valence-corrected chi connectivity index (χ0v) is 11.2. The van der Waals surface area contributed by atoms with Gasteiger partial charge in [0.1, 0.15) is 6.10 Å². The van der Waals surface area contributed by atoms with Gasteiger partial charge in [0.05, 0.1) is 5.92 Å². The second kappa shape index (κ2) is 5.41. The van der Waals surface area contributed by atoms with Gasteiger partial charge in [-0.25, -0.2) is 4.79 Å². The lowest BCUT2D eigenvalue weighted by Crippen LogP contribution is -2.23. The molecule has 0 aliphatic carbocycles. The first kappa shape index (κ1) is 13.6. The van der Waals surface area contributed by atoms with Crippen molar-refractivity contribution in [3.05, 3.63) is 59.2 Å². The summed E-state index contributed by atoms with van der Waals surface area (Å²) in [7, 11) is 0. The molecule has 98 valence electrons. The van der Waals surface area contributed by atoms with E-state index in [0.29, 0.717) is 10.6 Å². The molecule has 2 rings (SSSR count). The maximum Gasteiger partial charge on any atom is 0.331 e. The molecule has 0 aromatic heterocycles. The van der Waals surface area contributed by atoms with Gasteiger partial charge in [0.15, 0.2) is 5.78 Å². The fraction of sp³-hybridized carbons (Fsp3) is 0.200. The van der Waals surface area contributed by atoms with Crippen molar-refractivity contribution in [2.45, 2.75) is 18.9 Å². The summed E-state index contributed by atoms with van der Waals surface area (Å²) in [6, 6.07) is 7.16. The molecule has 0 bridgehead atoms. The van der Waals surface area contributed by atoms with Gasteiger partial charge in [0, 0.05) is 11.1 Å². The first-order valence-electron chi connectivity index (χ1n) is 5.83. The molecule has 0 fully saturated rings. The van der Waals surface area contributed by atoms with Gasteiger partial charge in [-0.1, -0.05) is 36.4 Å². The molecule has 0 saturated carbocycles. The second-order valence-electron chi connectivity index (χ2n) is 4.34. The number of hydrogen-bond acceptors (Lipinski definition) is 3. The number of carbonyl (C=O) groups excluding carboxylic acids is 2. The maximum atomic E-state index is 11.6. The summed E-state index contributed by atoms with van der Waals surface area (Å²) in [6.07, 6.45) is 2.44. The number of cyclic esters (lactones) is 1. The normalized spacial score (nSPS) is 19.1. The summed E-state index contributed by atoms with van der Waals surface area (Å²) >= 11 is 6.17. The van der Waals surface area contributed by atoms with Crippen molar-refractivity contribution in [2.24, 2.45) is 0 Å². The largest absolute Gasteiger partial charge is 0.454 e. The van der Waals surface area contributed by atoms with Crippen molar-refractivity contribution in [1.82, 2.24) is 0 Å². The van der Waals surface area contributed by atoms with Gasteiger partial charge in [-0.15, -0.1) is 0 Å². The Morgan fingerprint density at radius 2 is 2.11 bits per heavy atom. The van der Waals surface area contributed by atoms with Crippen LogP contribution in [0.15, 0.2) is 48.6 Å². The highest BCUT2D eigenvalue weighted by Gasteiger charge is 2.32. The smallest absolute Gasteiger partial charge is 0.331 e. The molecule has 0 saturated heterocycles. The lowest BCUT2D eigenvalue weighted by atomic mass is 9.85. The Kier molecular flexibility index (Phi) is 3.86. The molecule has 0 N–H and O–H groups in total. The first-order chi connectivity index (χ1) is 9.00. The number of Topliss-reactive ketones (excluding diaryl/α,β-unsaturated/α-hetero) is 1. The Balaban J connectivity index is 2.43. The Labute approximate surface area is 116 Å². The Hall–Kier alpha value is -1.87. The molecule has 3 nitrogen and oxygen atoms in total. The Morgan fingerprint density at radius 3 is 2.63 bits per heavy atom. The third kappa shape index (κ3) is 2.76. The number of esters is 1. The van der Waals surface area contributed by atoms with E-state index >= 15 is 0 Å². The highest BCUT2D eigenvalue weighted by molar-refractivity contribution is 6.31. The monoisotopic (exact) mass is 276 g/mol. The van der Waals surface area contributed by atoms with E-state index in [1.54, 1.807) is 24.3 Å². The summed E-state index contributed by atoms with van der Waals surface area (Å²) in [5.41, 5.74) is 1.10. The highest BCUT2D eigenvalue weighted by Crippen LogP contribution is 2.35. The SMILES string of the molecule is C=C(C(C)=O)[C@@H](c1ccccc1Cl)[C@@H]1C=CC(=O)O1. The fourth-order valence-electron chi connectivity index (χ4n) is 2.07. The van der Waals surface area contributed by atoms with Gasteiger partial charge in [-0.05, 0) is 30.2 Å². The first-order valence-corrected chi connectivity index (χ1v) is 6.21. The van der Waals surface area contributed by atoms with E-state index in [4.69, 9.17) is 16.3 Å². The number of ketones is 1. The molecular weight excluding hydrogens is 264 g/mol. The minimum Gasteiger partial charge on any atom is -0.454 e. The molecule has 4 heteroatoms. The van der Waals surface area contributed by atoms with Gasteiger partial charge in [-0.2, -0.15) is 0 Å². The zero-order chi connectivity index (χ0) is 14.0. The van der Waals surface area contributed by atoms with E-state index in [1.807, 2.05) is 6.07 Å². The van der Waals surface area contributed by atoms with Gasteiger partial charge in [0.2, 0.25) is 0 Å². The summed E-state index contributed by atoms with van der Waals surface area (Å²) in [6.45, 7) is 5.25. The zero-order valence-electron chi connectivity index (χ0n) is 10.4. The number of ether oxygens (including phenoxy) is 1. The predicted molar refractivity (Wildman–Crippen MR) is 73.0 cm³/mol. The summed E-state index contributed by atoms with van der Waals surface area (Å²) in [4.78, 5) is 22.8. The molecule has 1 heterocycles. The van der Waals surface area contributed by atoms with E-state index in [9.17, 15) is 9.59 Å². The third-order valence-corrected chi connectivity index (χ3v) is 3.41. The van der Waals surface area contributed by atoms with Crippen LogP contribution >= 0.6 is 11.6 Å². The molecule has 0 amide bonds. The van der Waals surface area contributed by atoms with Crippen LogP contribution in [0.25, 0.3) is 0 Å². The van der Waals surface area contributed by atoms with Crippen molar-refractivity contribution < 1.29 is 14.3 Å². The van der Waals surface area contributed by atoms with Crippen molar-refractivity contribution in [1.29, 1.82) is 0 Å². The van der Waals surface area contributed by atoms with E-state index in [1.165, 1.54) is 13.0 Å². The van der Waals surface area contributed by atoms with Gasteiger partial charge in [0.25, 0.3) is 0 Å². The maximum absolute atomic E-state index is 11.6. The molecule has 0 unspecified atom stereocenters. The van der Waals surface area contributed by atoms with E-state index in [2.05, 4.69) is 6.58 Å². The number of carbonyl (C=O) groups is 2. The summed E-state index contributed by atoms with van der Waals surface area (Å²) < 4.78 is 5.18. The molecule has 1 aliphatic heterocycles. The number of benzene rings is 1. The number of halogens is 1. The summed E-state index contributed by atoms with van der Waals surface area (Å²) in [5, 5.41) is 0.520. The average Bonchev–Trinajstić information content (AvgIpc) is 2.78. The molecule has 19 heavy (non-hydrogen) atoms. The van der Waals surface area contributed by atoms with Crippen LogP contribution in [0, 0.1) is 0 Å². The van der Waals surface area contributed by atoms with Crippen LogP contribution in [0.3, 0.4) is 0 Å². The van der Waals surface area contributed by atoms with Gasteiger partial charge in [-0.3, -0.25) is 4.79 Å². The van der Waals surface area contributed by atoms with Gasteiger partial charge >= 0.3 is 5.97 Å². The molecule has 1 aromatic rings. The molecule has 0 radical (unpaired) electrons. The van der Waals surface area contributed by atoms with E-state index in [-0.39, 0.29) is 5.78 Å². The van der Waals surface area contributed by atoms with Crippen molar-refractivity contribution >= 4 is 23.4 Å². The minimum absolute atomic E-state index is 0.152. The molecule has 2 atom stereocenters. The van der Waals surface area contributed by atoms with Crippen LogP contribution in [0.4, 0.5) is 0 Å². The molecule has 1 aromatic carbocycles. The Bertz CT molecular complexity index is 575.